The first kappa shape index (κ1) is 21.3. The number of benzene rings is 1. The number of ether oxygens (including phenoxy) is 1. The molecule has 1 aromatic carbocycles. The van der Waals surface area contributed by atoms with E-state index in [9.17, 15) is 4.79 Å². The van der Waals surface area contributed by atoms with Crippen LogP contribution in [0.5, 0.6) is 0 Å². The summed E-state index contributed by atoms with van der Waals surface area (Å²) >= 11 is 0. The van der Waals surface area contributed by atoms with Crippen molar-refractivity contribution in [3.8, 4) is 0 Å². The van der Waals surface area contributed by atoms with Crippen LogP contribution < -0.4 is 5.32 Å². The highest BCUT2D eigenvalue weighted by Crippen LogP contribution is 2.29. The zero-order chi connectivity index (χ0) is 20.0. The quantitative estimate of drug-likeness (QED) is 0.781. The van der Waals surface area contributed by atoms with Crippen molar-refractivity contribution < 1.29 is 9.53 Å². The van der Waals surface area contributed by atoms with Gasteiger partial charge < -0.3 is 15.0 Å². The van der Waals surface area contributed by atoms with Crippen LogP contribution in [-0.4, -0.2) is 74.2 Å². The number of nitrogens with zero attached hydrogens (tertiary/aromatic N) is 2. The zero-order valence-corrected chi connectivity index (χ0v) is 17.9. The van der Waals surface area contributed by atoms with E-state index in [1.54, 1.807) is 0 Å². The van der Waals surface area contributed by atoms with Crippen LogP contribution in [0.15, 0.2) is 18.2 Å². The lowest BCUT2D eigenvalue weighted by Crippen LogP contribution is -2.62. The van der Waals surface area contributed by atoms with E-state index >= 15 is 0 Å². The summed E-state index contributed by atoms with van der Waals surface area (Å²) in [7, 11) is 2.19. The second kappa shape index (κ2) is 9.86. The van der Waals surface area contributed by atoms with E-state index in [1.165, 1.54) is 16.7 Å². The Balaban J connectivity index is 1.48. The van der Waals surface area contributed by atoms with E-state index in [1.807, 2.05) is 0 Å². The van der Waals surface area contributed by atoms with E-state index in [4.69, 9.17) is 4.74 Å². The Morgan fingerprint density at radius 3 is 2.50 bits per heavy atom. The van der Waals surface area contributed by atoms with Crippen molar-refractivity contribution in [3.63, 3.8) is 0 Å². The number of nitrogens with one attached hydrogen (secondary N) is 1. The first-order chi connectivity index (χ1) is 13.5. The molecule has 0 saturated carbocycles. The number of aryl methyl sites for hydroxylation is 3. The summed E-state index contributed by atoms with van der Waals surface area (Å²) in [5, 5.41) is 3.27. The van der Waals surface area contributed by atoms with Crippen molar-refractivity contribution in [2.75, 3.05) is 53.0 Å². The van der Waals surface area contributed by atoms with Crippen LogP contribution in [0.1, 0.15) is 42.4 Å². The lowest BCUT2D eigenvalue weighted by Gasteiger charge is -2.49. The Kier molecular flexibility index (Phi) is 7.49. The summed E-state index contributed by atoms with van der Waals surface area (Å²) in [6, 6.07) is 6.61. The fourth-order valence-corrected chi connectivity index (χ4v) is 4.44. The van der Waals surface area contributed by atoms with Crippen molar-refractivity contribution in [3.05, 3.63) is 34.9 Å². The van der Waals surface area contributed by atoms with Crippen LogP contribution in [0.4, 0.5) is 0 Å². The fraction of sp³-hybridized carbons (Fsp3) is 0.696. The molecule has 0 unspecified atom stereocenters. The standard InChI is InChI=1S/C23H37N3O2/c1-19-7-8-21(17-20(19)2)5-4-6-22(27)24-18-23(9-11-25(3)12-10-23)26-13-15-28-16-14-26/h7-8,17H,4-6,9-16,18H2,1-3H3,(H,24,27). The summed E-state index contributed by atoms with van der Waals surface area (Å²) in [5.41, 5.74) is 4.08. The largest absolute Gasteiger partial charge is 0.379 e. The van der Waals surface area contributed by atoms with Gasteiger partial charge in [0.25, 0.3) is 0 Å². The summed E-state index contributed by atoms with van der Waals surface area (Å²) in [6.45, 7) is 10.8. The highest BCUT2D eigenvalue weighted by Gasteiger charge is 2.39. The summed E-state index contributed by atoms with van der Waals surface area (Å²) in [5.74, 6) is 0.190. The number of amides is 1. The second-order valence-corrected chi connectivity index (χ2v) is 8.68. The number of morpholine rings is 1. The van der Waals surface area contributed by atoms with Crippen LogP contribution in [0.3, 0.4) is 0 Å². The van der Waals surface area contributed by atoms with Crippen molar-refractivity contribution >= 4 is 5.91 Å². The van der Waals surface area contributed by atoms with Gasteiger partial charge in [-0.25, -0.2) is 0 Å². The molecule has 0 spiro atoms. The third-order valence-corrected chi connectivity index (χ3v) is 6.65. The number of piperidine rings is 1. The van der Waals surface area contributed by atoms with Gasteiger partial charge in [0.15, 0.2) is 0 Å². The normalized spacial score (nSPS) is 20.8. The molecule has 1 aromatic rings. The first-order valence-corrected chi connectivity index (χ1v) is 10.8. The number of hydrogen-bond donors (Lipinski definition) is 1. The highest BCUT2D eigenvalue weighted by molar-refractivity contribution is 5.76. The Labute approximate surface area is 170 Å². The summed E-state index contributed by atoms with van der Waals surface area (Å²) in [6.07, 6.45) is 4.71. The molecule has 156 valence electrons. The third-order valence-electron chi connectivity index (χ3n) is 6.65. The molecule has 0 aliphatic carbocycles. The molecular formula is C23H37N3O2. The minimum atomic E-state index is 0.0972. The average molecular weight is 388 g/mol. The van der Waals surface area contributed by atoms with Gasteiger partial charge in [0.05, 0.1) is 13.2 Å². The van der Waals surface area contributed by atoms with Gasteiger partial charge in [0, 0.05) is 31.6 Å². The number of hydrogen-bond acceptors (Lipinski definition) is 4. The zero-order valence-electron chi connectivity index (χ0n) is 17.9. The second-order valence-electron chi connectivity index (χ2n) is 8.68. The Bertz CT molecular complexity index is 647. The van der Waals surface area contributed by atoms with E-state index in [2.05, 4.69) is 54.2 Å². The average Bonchev–Trinajstić information content (AvgIpc) is 2.71. The van der Waals surface area contributed by atoms with Crippen molar-refractivity contribution in [2.24, 2.45) is 0 Å². The predicted molar refractivity (Wildman–Crippen MR) is 114 cm³/mol. The molecule has 3 rings (SSSR count). The van der Waals surface area contributed by atoms with Gasteiger partial charge in [-0.2, -0.15) is 0 Å². The molecule has 0 bridgehead atoms. The number of likely N-dealkylation sites (tertiary alicyclic amines) is 1. The molecule has 1 N–H and O–H groups in total. The molecule has 2 saturated heterocycles. The van der Waals surface area contributed by atoms with Crippen molar-refractivity contribution in [2.45, 2.75) is 51.5 Å². The maximum atomic E-state index is 12.5. The maximum Gasteiger partial charge on any atom is 0.220 e. The molecule has 5 nitrogen and oxygen atoms in total. The first-order valence-electron chi connectivity index (χ1n) is 10.8. The van der Waals surface area contributed by atoms with Gasteiger partial charge in [0.1, 0.15) is 0 Å². The summed E-state index contributed by atoms with van der Waals surface area (Å²) in [4.78, 5) is 17.5. The molecule has 2 aliphatic rings. The van der Waals surface area contributed by atoms with E-state index in [-0.39, 0.29) is 11.4 Å². The molecule has 2 aliphatic heterocycles. The van der Waals surface area contributed by atoms with Gasteiger partial charge in [-0.05, 0) is 76.4 Å². The molecule has 2 heterocycles. The van der Waals surface area contributed by atoms with Crippen LogP contribution in [0.2, 0.25) is 0 Å². The molecule has 0 atom stereocenters. The van der Waals surface area contributed by atoms with E-state index in [0.29, 0.717) is 6.42 Å². The van der Waals surface area contributed by atoms with Gasteiger partial charge in [0.2, 0.25) is 5.91 Å². The van der Waals surface area contributed by atoms with Gasteiger partial charge >= 0.3 is 0 Å². The van der Waals surface area contributed by atoms with Crippen molar-refractivity contribution in [1.82, 2.24) is 15.1 Å². The van der Waals surface area contributed by atoms with E-state index in [0.717, 1.165) is 71.6 Å². The minimum absolute atomic E-state index is 0.0972. The molecule has 28 heavy (non-hydrogen) atoms. The van der Waals surface area contributed by atoms with Crippen LogP contribution in [0.25, 0.3) is 0 Å². The highest BCUT2D eigenvalue weighted by atomic mass is 16.5. The Morgan fingerprint density at radius 2 is 1.82 bits per heavy atom. The maximum absolute atomic E-state index is 12.5. The molecule has 1 amide bonds. The summed E-state index contributed by atoms with van der Waals surface area (Å²) < 4.78 is 5.55. The third kappa shape index (κ3) is 5.56. The predicted octanol–water partition coefficient (Wildman–Crippen LogP) is 2.54. The Morgan fingerprint density at radius 1 is 1.11 bits per heavy atom. The SMILES string of the molecule is Cc1ccc(CCCC(=O)NCC2(N3CCOCC3)CCN(C)CC2)cc1C. The number of carbonyl (C=O) groups excluding carboxylic acids is 1. The van der Waals surface area contributed by atoms with Crippen LogP contribution >= 0.6 is 0 Å². The monoisotopic (exact) mass is 387 g/mol. The van der Waals surface area contributed by atoms with Crippen molar-refractivity contribution in [1.29, 1.82) is 0 Å². The van der Waals surface area contributed by atoms with Gasteiger partial charge in [-0.15, -0.1) is 0 Å². The lowest BCUT2D eigenvalue weighted by atomic mass is 9.85. The van der Waals surface area contributed by atoms with Gasteiger partial charge in [-0.1, -0.05) is 18.2 Å². The smallest absolute Gasteiger partial charge is 0.220 e. The molecule has 0 radical (unpaired) electrons. The van der Waals surface area contributed by atoms with Crippen LogP contribution in [-0.2, 0) is 16.0 Å². The fourth-order valence-electron chi connectivity index (χ4n) is 4.44. The van der Waals surface area contributed by atoms with Gasteiger partial charge in [-0.3, -0.25) is 9.69 Å². The molecule has 5 heteroatoms. The topological polar surface area (TPSA) is 44.8 Å². The number of carbonyl (C=O) groups is 1. The van der Waals surface area contributed by atoms with Crippen LogP contribution in [0, 0.1) is 13.8 Å². The Hall–Kier alpha value is -1.43. The van der Waals surface area contributed by atoms with E-state index < -0.39 is 0 Å². The molecule has 2 fully saturated rings. The number of rotatable bonds is 7. The minimum Gasteiger partial charge on any atom is -0.379 e. The molecular weight excluding hydrogens is 350 g/mol. The lowest BCUT2D eigenvalue weighted by molar-refractivity contribution is -0.122. The molecule has 0 aromatic heterocycles.